The highest BCUT2D eigenvalue weighted by Crippen LogP contribution is 2.02. The van der Waals surface area contributed by atoms with Gasteiger partial charge in [0.2, 0.25) is 0 Å². The molecule has 0 aromatic rings. The quantitative estimate of drug-likeness (QED) is 0.387. The summed E-state index contributed by atoms with van der Waals surface area (Å²) in [5.41, 5.74) is 0. The molecule has 0 fully saturated rings. The number of rotatable bonds is 13. The van der Waals surface area contributed by atoms with Crippen LogP contribution >= 0.6 is 0 Å². The first-order valence-corrected chi connectivity index (χ1v) is 7.93. The van der Waals surface area contributed by atoms with Crippen molar-refractivity contribution in [3.8, 4) is 0 Å². The van der Waals surface area contributed by atoms with E-state index in [2.05, 4.69) is 6.92 Å². The highest BCUT2D eigenvalue weighted by atomic mass is 16.6. The lowest BCUT2D eigenvalue weighted by molar-refractivity contribution is -0.146. The minimum atomic E-state index is -0.288. The third-order valence-corrected chi connectivity index (χ3v) is 2.90. The van der Waals surface area contributed by atoms with Crippen LogP contribution in [0.1, 0.15) is 53.9 Å². The summed E-state index contributed by atoms with van der Waals surface area (Å²) < 4.78 is 21.8. The van der Waals surface area contributed by atoms with E-state index < -0.39 is 0 Å². The van der Waals surface area contributed by atoms with Gasteiger partial charge in [0.1, 0.15) is 6.61 Å². The zero-order valence-corrected chi connectivity index (χ0v) is 14.2. The molecule has 3 atom stereocenters. The summed E-state index contributed by atoms with van der Waals surface area (Å²) in [6.45, 7) is 11.5. The second-order valence-corrected chi connectivity index (χ2v) is 5.48. The smallest absolute Gasteiger partial charge is 0.302 e. The maximum absolute atomic E-state index is 10.7. The Morgan fingerprint density at radius 3 is 1.90 bits per heavy atom. The number of hydrogen-bond donors (Lipinski definition) is 0. The molecule has 5 heteroatoms. The Hall–Kier alpha value is -0.650. The van der Waals surface area contributed by atoms with Crippen molar-refractivity contribution in [2.45, 2.75) is 72.2 Å². The summed E-state index contributed by atoms with van der Waals surface area (Å²) in [6.07, 6.45) is 3.48. The topological polar surface area (TPSA) is 54.0 Å². The van der Waals surface area contributed by atoms with Gasteiger partial charge in [-0.2, -0.15) is 0 Å². The molecule has 0 aromatic heterocycles. The molecule has 126 valence electrons. The number of hydrogen-bond acceptors (Lipinski definition) is 5. The van der Waals surface area contributed by atoms with Gasteiger partial charge in [0, 0.05) is 13.5 Å². The molecule has 0 saturated heterocycles. The van der Waals surface area contributed by atoms with Crippen molar-refractivity contribution in [1.29, 1.82) is 0 Å². The molecular formula is C16H32O5. The van der Waals surface area contributed by atoms with Crippen LogP contribution in [0.4, 0.5) is 0 Å². The van der Waals surface area contributed by atoms with Crippen molar-refractivity contribution in [2.24, 2.45) is 0 Å². The Morgan fingerprint density at radius 2 is 1.38 bits per heavy atom. The first kappa shape index (κ1) is 20.3. The van der Waals surface area contributed by atoms with E-state index in [1.165, 1.54) is 19.8 Å². The molecule has 0 bridgehead atoms. The highest BCUT2D eigenvalue weighted by molar-refractivity contribution is 5.65. The van der Waals surface area contributed by atoms with E-state index in [9.17, 15) is 4.79 Å². The number of esters is 1. The lowest BCUT2D eigenvalue weighted by Gasteiger charge is -2.19. The van der Waals surface area contributed by atoms with Gasteiger partial charge in [-0.3, -0.25) is 4.79 Å². The molecule has 0 aliphatic carbocycles. The van der Waals surface area contributed by atoms with E-state index in [4.69, 9.17) is 18.9 Å². The fourth-order valence-electron chi connectivity index (χ4n) is 1.62. The zero-order valence-electron chi connectivity index (χ0n) is 14.2. The standard InChI is InChI=1S/C16H32O5/c1-6-7-8-9-18-13(2)10-19-14(3)11-20-15(4)12-21-16(5)17/h13-15H,6-12H2,1-5H3. The van der Waals surface area contributed by atoms with E-state index in [0.717, 1.165) is 13.0 Å². The van der Waals surface area contributed by atoms with Gasteiger partial charge in [-0.05, 0) is 27.2 Å². The van der Waals surface area contributed by atoms with E-state index in [1.807, 2.05) is 20.8 Å². The van der Waals surface area contributed by atoms with Gasteiger partial charge in [-0.15, -0.1) is 0 Å². The van der Waals surface area contributed by atoms with Crippen LogP contribution < -0.4 is 0 Å². The second kappa shape index (κ2) is 13.0. The van der Waals surface area contributed by atoms with E-state index in [-0.39, 0.29) is 30.9 Å². The fourth-order valence-corrected chi connectivity index (χ4v) is 1.62. The Bertz CT molecular complexity index is 257. The molecule has 0 rings (SSSR count). The Labute approximate surface area is 129 Å². The van der Waals surface area contributed by atoms with Gasteiger partial charge in [0.05, 0.1) is 31.5 Å². The van der Waals surface area contributed by atoms with Crippen LogP contribution in [0.3, 0.4) is 0 Å². The SMILES string of the molecule is CCCCCOC(C)COC(C)COC(C)COC(C)=O. The molecule has 0 aromatic carbocycles. The number of ether oxygens (including phenoxy) is 4. The minimum Gasteiger partial charge on any atom is -0.463 e. The second-order valence-electron chi connectivity index (χ2n) is 5.48. The van der Waals surface area contributed by atoms with Crippen LogP contribution in [0, 0.1) is 0 Å². The van der Waals surface area contributed by atoms with Gasteiger partial charge >= 0.3 is 5.97 Å². The van der Waals surface area contributed by atoms with Crippen molar-refractivity contribution in [1.82, 2.24) is 0 Å². The molecule has 0 aliphatic rings. The van der Waals surface area contributed by atoms with Crippen LogP contribution in [0.2, 0.25) is 0 Å². The van der Waals surface area contributed by atoms with Crippen LogP contribution in [0.25, 0.3) is 0 Å². The first-order valence-electron chi connectivity index (χ1n) is 7.93. The van der Waals surface area contributed by atoms with Crippen molar-refractivity contribution >= 4 is 5.97 Å². The lowest BCUT2D eigenvalue weighted by Crippen LogP contribution is -2.27. The lowest BCUT2D eigenvalue weighted by atomic mass is 10.3. The summed E-state index contributed by atoms with van der Waals surface area (Å²) in [7, 11) is 0. The summed E-state index contributed by atoms with van der Waals surface area (Å²) in [6, 6.07) is 0. The molecule has 21 heavy (non-hydrogen) atoms. The maximum atomic E-state index is 10.7. The van der Waals surface area contributed by atoms with Crippen LogP contribution in [-0.2, 0) is 23.7 Å². The van der Waals surface area contributed by atoms with Crippen LogP contribution in [0.15, 0.2) is 0 Å². The van der Waals surface area contributed by atoms with Gasteiger partial charge < -0.3 is 18.9 Å². The summed E-state index contributed by atoms with van der Waals surface area (Å²) in [5.74, 6) is -0.288. The molecule has 5 nitrogen and oxygen atoms in total. The van der Waals surface area contributed by atoms with Gasteiger partial charge in [0.15, 0.2) is 0 Å². The average Bonchev–Trinajstić information content (AvgIpc) is 2.45. The predicted molar refractivity (Wildman–Crippen MR) is 82.4 cm³/mol. The molecule has 0 N–H and O–H groups in total. The monoisotopic (exact) mass is 304 g/mol. The molecule has 0 radical (unpaired) electrons. The largest absolute Gasteiger partial charge is 0.463 e. The van der Waals surface area contributed by atoms with Crippen molar-refractivity contribution < 1.29 is 23.7 Å². The number of carbonyl (C=O) groups excluding carboxylic acids is 1. The van der Waals surface area contributed by atoms with Crippen LogP contribution in [-0.4, -0.2) is 50.7 Å². The molecule has 0 spiro atoms. The average molecular weight is 304 g/mol. The van der Waals surface area contributed by atoms with Crippen LogP contribution in [0.5, 0.6) is 0 Å². The molecule has 0 amide bonds. The van der Waals surface area contributed by atoms with Gasteiger partial charge in [-0.25, -0.2) is 0 Å². The first-order chi connectivity index (χ1) is 9.95. The fraction of sp³-hybridized carbons (Fsp3) is 0.938. The predicted octanol–water partition coefficient (Wildman–Crippen LogP) is 2.96. The Kier molecular flexibility index (Phi) is 12.6. The molecule has 0 heterocycles. The zero-order chi connectivity index (χ0) is 16.1. The third kappa shape index (κ3) is 14.1. The van der Waals surface area contributed by atoms with Gasteiger partial charge in [-0.1, -0.05) is 19.8 Å². The maximum Gasteiger partial charge on any atom is 0.302 e. The highest BCUT2D eigenvalue weighted by Gasteiger charge is 2.10. The van der Waals surface area contributed by atoms with Crippen molar-refractivity contribution in [3.63, 3.8) is 0 Å². The number of carbonyl (C=O) groups is 1. The van der Waals surface area contributed by atoms with Crippen molar-refractivity contribution in [2.75, 3.05) is 26.4 Å². The summed E-state index contributed by atoms with van der Waals surface area (Å²) >= 11 is 0. The van der Waals surface area contributed by atoms with Crippen molar-refractivity contribution in [3.05, 3.63) is 0 Å². The summed E-state index contributed by atoms with van der Waals surface area (Å²) in [5, 5.41) is 0. The summed E-state index contributed by atoms with van der Waals surface area (Å²) in [4.78, 5) is 10.7. The third-order valence-electron chi connectivity index (χ3n) is 2.90. The Morgan fingerprint density at radius 1 is 0.857 bits per heavy atom. The molecule has 0 saturated carbocycles. The van der Waals surface area contributed by atoms with E-state index in [0.29, 0.717) is 13.2 Å². The van der Waals surface area contributed by atoms with E-state index in [1.54, 1.807) is 0 Å². The van der Waals surface area contributed by atoms with E-state index >= 15 is 0 Å². The normalized spacial score (nSPS) is 15.5. The Balaban J connectivity index is 3.55. The number of unbranched alkanes of at least 4 members (excludes halogenated alkanes) is 2. The van der Waals surface area contributed by atoms with Gasteiger partial charge in [0.25, 0.3) is 0 Å². The molecular weight excluding hydrogens is 272 g/mol. The molecule has 3 unspecified atom stereocenters. The molecule has 0 aliphatic heterocycles. The minimum absolute atomic E-state index is 0.00790.